The summed E-state index contributed by atoms with van der Waals surface area (Å²) in [7, 11) is 0. The van der Waals surface area contributed by atoms with Gasteiger partial charge in [0.1, 0.15) is 0 Å². The first-order valence-electron chi connectivity index (χ1n) is 20.1. The van der Waals surface area contributed by atoms with Gasteiger partial charge in [0.15, 0.2) is 0 Å². The number of para-hydroxylation sites is 6. The van der Waals surface area contributed by atoms with Crippen LogP contribution in [0.4, 0.5) is 17.1 Å². The number of benzene rings is 8. The third-order valence-corrected chi connectivity index (χ3v) is 11.8. The molecule has 276 valence electrons. The van der Waals surface area contributed by atoms with Gasteiger partial charge in [-0.3, -0.25) is 0 Å². The van der Waals surface area contributed by atoms with Crippen molar-refractivity contribution < 1.29 is 0 Å². The average molecular weight is 753 g/mol. The van der Waals surface area contributed by atoms with Crippen LogP contribution in [-0.4, -0.2) is 14.1 Å². The van der Waals surface area contributed by atoms with E-state index in [2.05, 4.69) is 232 Å². The van der Waals surface area contributed by atoms with Gasteiger partial charge < -0.3 is 14.0 Å². The van der Waals surface area contributed by atoms with Gasteiger partial charge >= 0.3 is 0 Å². The summed E-state index contributed by atoms with van der Waals surface area (Å²) < 4.78 is 4.82. The van der Waals surface area contributed by atoms with E-state index in [4.69, 9.17) is 4.98 Å². The van der Waals surface area contributed by atoms with E-state index in [1.54, 1.807) is 0 Å². The minimum Gasteiger partial charge on any atom is -0.309 e. The van der Waals surface area contributed by atoms with Crippen molar-refractivity contribution in [3.8, 4) is 56.3 Å². The second kappa shape index (κ2) is 13.3. The Balaban J connectivity index is 1.11. The Bertz CT molecular complexity index is 3340. The first kappa shape index (κ1) is 33.2. The number of nitrogens with zero attached hydrogens (tertiary/aromatic N) is 4. The van der Waals surface area contributed by atoms with Crippen LogP contribution in [0.5, 0.6) is 0 Å². The van der Waals surface area contributed by atoms with Gasteiger partial charge in [-0.25, -0.2) is 4.98 Å². The van der Waals surface area contributed by atoms with Crippen LogP contribution in [0, 0.1) is 0 Å². The fourth-order valence-electron chi connectivity index (χ4n) is 9.40. The highest BCUT2D eigenvalue weighted by atomic mass is 15.2. The van der Waals surface area contributed by atoms with Gasteiger partial charge in [-0.1, -0.05) is 140 Å². The lowest BCUT2D eigenvalue weighted by atomic mass is 9.92. The van der Waals surface area contributed by atoms with Crippen molar-refractivity contribution in [3.05, 3.63) is 218 Å². The van der Waals surface area contributed by atoms with E-state index in [1.807, 2.05) is 0 Å². The molecule has 0 spiro atoms. The van der Waals surface area contributed by atoms with Gasteiger partial charge in [0, 0.05) is 61.0 Å². The molecule has 0 amide bonds. The molecule has 12 rings (SSSR count). The van der Waals surface area contributed by atoms with Crippen LogP contribution in [0.1, 0.15) is 0 Å². The number of rotatable bonds is 5. The molecule has 4 heteroatoms. The molecular weight excluding hydrogens is 717 g/mol. The molecule has 1 aliphatic heterocycles. The third-order valence-electron chi connectivity index (χ3n) is 11.8. The Kier molecular flexibility index (Phi) is 7.50. The Morgan fingerprint density at radius 3 is 1.59 bits per heavy atom. The zero-order valence-corrected chi connectivity index (χ0v) is 32.1. The molecule has 0 fully saturated rings. The standard InChI is InChI=1S/C55H36N4/c1-3-19-38(20-4-1)57-51-34-14-10-27-45(51)55-54(44-26-9-13-33-50(44)59(55)39-21-5-2-6-22-39)53-43(28-16-35-52(53)57)47-30-17-29-46(56-47)37-18-15-23-40(36-37)58-48-31-11-7-24-41(48)42-25-8-12-32-49(42)58/h1-36H. The first-order valence-corrected chi connectivity index (χ1v) is 20.1. The van der Waals surface area contributed by atoms with E-state index in [0.29, 0.717) is 0 Å². The highest BCUT2D eigenvalue weighted by Crippen LogP contribution is 2.56. The van der Waals surface area contributed by atoms with Crippen molar-refractivity contribution >= 4 is 49.8 Å². The molecule has 4 nitrogen and oxygen atoms in total. The highest BCUT2D eigenvalue weighted by Gasteiger charge is 2.33. The van der Waals surface area contributed by atoms with Crippen LogP contribution in [0.25, 0.3) is 89.0 Å². The number of anilines is 3. The monoisotopic (exact) mass is 752 g/mol. The lowest BCUT2D eigenvalue weighted by Gasteiger charge is -2.28. The summed E-state index contributed by atoms with van der Waals surface area (Å²) in [6, 6.07) is 78.4. The fourth-order valence-corrected chi connectivity index (χ4v) is 9.40. The van der Waals surface area contributed by atoms with Crippen molar-refractivity contribution in [1.82, 2.24) is 14.1 Å². The maximum Gasteiger partial charge on any atom is 0.0716 e. The second-order valence-electron chi connectivity index (χ2n) is 15.1. The predicted molar refractivity (Wildman–Crippen MR) is 245 cm³/mol. The van der Waals surface area contributed by atoms with Gasteiger partial charge in [0.05, 0.1) is 45.0 Å². The quantitative estimate of drug-likeness (QED) is 0.175. The molecule has 0 saturated carbocycles. The third kappa shape index (κ3) is 5.13. The molecule has 0 radical (unpaired) electrons. The van der Waals surface area contributed by atoms with Crippen molar-refractivity contribution in [2.45, 2.75) is 0 Å². The van der Waals surface area contributed by atoms with Crippen LogP contribution >= 0.6 is 0 Å². The Morgan fingerprint density at radius 1 is 0.322 bits per heavy atom. The zero-order valence-electron chi connectivity index (χ0n) is 32.1. The van der Waals surface area contributed by atoms with Crippen molar-refractivity contribution in [1.29, 1.82) is 0 Å². The molecule has 1 aliphatic rings. The lowest BCUT2D eigenvalue weighted by molar-refractivity contribution is 1.13. The van der Waals surface area contributed by atoms with Gasteiger partial charge in [0.2, 0.25) is 0 Å². The Hall–Kier alpha value is -7.95. The highest BCUT2D eigenvalue weighted by molar-refractivity contribution is 6.16. The molecule has 3 aromatic heterocycles. The molecule has 4 heterocycles. The van der Waals surface area contributed by atoms with Crippen LogP contribution < -0.4 is 4.90 Å². The van der Waals surface area contributed by atoms with Crippen LogP contribution in [-0.2, 0) is 0 Å². The summed E-state index contributed by atoms with van der Waals surface area (Å²) in [5.74, 6) is 0. The van der Waals surface area contributed by atoms with Crippen LogP contribution in [0.2, 0.25) is 0 Å². The summed E-state index contributed by atoms with van der Waals surface area (Å²) >= 11 is 0. The topological polar surface area (TPSA) is 26.0 Å². The van der Waals surface area contributed by atoms with Crippen LogP contribution in [0.15, 0.2) is 218 Å². The zero-order chi connectivity index (χ0) is 38.9. The molecule has 0 atom stereocenters. The van der Waals surface area contributed by atoms with Gasteiger partial charge in [-0.2, -0.15) is 0 Å². The van der Waals surface area contributed by atoms with E-state index in [-0.39, 0.29) is 0 Å². The largest absolute Gasteiger partial charge is 0.309 e. The minimum absolute atomic E-state index is 0.920. The Labute approximate surface area is 342 Å². The maximum absolute atomic E-state index is 5.53. The summed E-state index contributed by atoms with van der Waals surface area (Å²) in [4.78, 5) is 7.96. The number of hydrogen-bond acceptors (Lipinski definition) is 2. The molecular formula is C55H36N4. The molecule has 59 heavy (non-hydrogen) atoms. The maximum atomic E-state index is 5.53. The molecule has 0 saturated heterocycles. The second-order valence-corrected chi connectivity index (χ2v) is 15.1. The molecule has 0 unspecified atom stereocenters. The smallest absolute Gasteiger partial charge is 0.0716 e. The summed E-state index contributed by atoms with van der Waals surface area (Å²) in [6.07, 6.45) is 0. The molecule has 8 aromatic carbocycles. The number of aromatic nitrogens is 3. The molecule has 11 aromatic rings. The predicted octanol–water partition coefficient (Wildman–Crippen LogP) is 14.6. The summed E-state index contributed by atoms with van der Waals surface area (Å²) in [5, 5.41) is 3.69. The van der Waals surface area contributed by atoms with E-state index in [9.17, 15) is 0 Å². The van der Waals surface area contributed by atoms with Gasteiger partial charge in [-0.15, -0.1) is 0 Å². The fraction of sp³-hybridized carbons (Fsp3) is 0. The minimum atomic E-state index is 0.920. The number of pyridine rings is 1. The SMILES string of the molecule is c1ccc(N2c3ccccc3-c3c(c4ccccc4n3-c3ccccc3)-c3c(-c4cccc(-c5cccc(-n6c7ccccc7c7ccccc76)c5)n4)cccc32)cc1. The van der Waals surface area contributed by atoms with Gasteiger partial charge in [0.25, 0.3) is 0 Å². The number of hydrogen-bond donors (Lipinski definition) is 0. The average Bonchev–Trinajstić information content (AvgIpc) is 3.79. The molecule has 0 N–H and O–H groups in total. The Morgan fingerprint density at radius 2 is 0.847 bits per heavy atom. The van der Waals surface area contributed by atoms with Crippen molar-refractivity contribution in [2.75, 3.05) is 4.90 Å². The normalized spacial score (nSPS) is 12.0. The lowest BCUT2D eigenvalue weighted by Crippen LogP contribution is -2.11. The van der Waals surface area contributed by atoms with E-state index in [1.165, 1.54) is 32.8 Å². The summed E-state index contributed by atoms with van der Waals surface area (Å²) in [6.45, 7) is 0. The first-order chi connectivity index (χ1) is 29.3. The number of fused-ring (bicyclic) bond motifs is 10. The van der Waals surface area contributed by atoms with Crippen molar-refractivity contribution in [3.63, 3.8) is 0 Å². The van der Waals surface area contributed by atoms with Gasteiger partial charge in [-0.05, 0) is 78.9 Å². The molecule has 0 bridgehead atoms. The van der Waals surface area contributed by atoms with E-state index in [0.717, 1.165) is 73.3 Å². The van der Waals surface area contributed by atoms with Crippen molar-refractivity contribution in [2.24, 2.45) is 0 Å². The summed E-state index contributed by atoms with van der Waals surface area (Å²) in [5.41, 5.74) is 17.8. The molecule has 0 aliphatic carbocycles. The van der Waals surface area contributed by atoms with Crippen LogP contribution in [0.3, 0.4) is 0 Å². The van der Waals surface area contributed by atoms with E-state index < -0.39 is 0 Å². The van der Waals surface area contributed by atoms with E-state index >= 15 is 0 Å².